The third kappa shape index (κ3) is 12.6. The lowest BCUT2D eigenvalue weighted by Crippen LogP contribution is -2.35. The summed E-state index contributed by atoms with van der Waals surface area (Å²) in [6.45, 7) is 9.97. The molecule has 30 heavy (non-hydrogen) atoms. The van der Waals surface area contributed by atoms with E-state index in [0.717, 1.165) is 63.2 Å². The van der Waals surface area contributed by atoms with Crippen LogP contribution in [-0.2, 0) is 19.1 Å². The SMILES string of the molecule is CC(C)CCCCCCOC(=O)[C@@H]1CCCC[C@H]1C(=O)OCCCCCCC(C)C. The van der Waals surface area contributed by atoms with Crippen molar-refractivity contribution in [2.24, 2.45) is 23.7 Å². The second kappa shape index (κ2) is 16.6. The Kier molecular flexibility index (Phi) is 14.9. The molecule has 0 unspecified atom stereocenters. The molecule has 0 aromatic carbocycles. The summed E-state index contributed by atoms with van der Waals surface area (Å²) in [5, 5.41) is 0. The zero-order valence-electron chi connectivity index (χ0n) is 20.3. The van der Waals surface area contributed by atoms with Gasteiger partial charge in [-0.3, -0.25) is 9.59 Å². The van der Waals surface area contributed by atoms with Crippen LogP contribution < -0.4 is 0 Å². The second-order valence-electron chi connectivity index (χ2n) is 10.0. The fourth-order valence-electron chi connectivity index (χ4n) is 4.27. The fraction of sp³-hybridized carbons (Fsp3) is 0.923. The van der Waals surface area contributed by atoms with Gasteiger partial charge in [-0.1, -0.05) is 91.9 Å². The normalized spacial score (nSPS) is 19.3. The van der Waals surface area contributed by atoms with E-state index in [1.54, 1.807) is 0 Å². The first kappa shape index (κ1) is 27.0. The third-order valence-electron chi connectivity index (χ3n) is 6.21. The lowest BCUT2D eigenvalue weighted by molar-refractivity contribution is -0.163. The molecule has 1 fully saturated rings. The average molecular weight is 425 g/mol. The van der Waals surface area contributed by atoms with Gasteiger partial charge in [-0.15, -0.1) is 0 Å². The van der Waals surface area contributed by atoms with Crippen molar-refractivity contribution < 1.29 is 19.1 Å². The van der Waals surface area contributed by atoms with E-state index in [1.165, 1.54) is 38.5 Å². The van der Waals surface area contributed by atoms with E-state index in [0.29, 0.717) is 13.2 Å². The van der Waals surface area contributed by atoms with Crippen molar-refractivity contribution in [3.8, 4) is 0 Å². The van der Waals surface area contributed by atoms with Gasteiger partial charge in [0.2, 0.25) is 0 Å². The molecule has 0 N–H and O–H groups in total. The Morgan fingerprint density at radius 2 is 1.00 bits per heavy atom. The first-order valence-electron chi connectivity index (χ1n) is 12.7. The highest BCUT2D eigenvalue weighted by Crippen LogP contribution is 2.32. The smallest absolute Gasteiger partial charge is 0.309 e. The van der Waals surface area contributed by atoms with Crippen LogP contribution in [0, 0.1) is 23.7 Å². The summed E-state index contributed by atoms with van der Waals surface area (Å²) in [6.07, 6.45) is 15.0. The Bertz CT molecular complexity index is 416. The molecule has 0 bridgehead atoms. The number of esters is 2. The van der Waals surface area contributed by atoms with Gasteiger partial charge in [-0.05, 0) is 37.5 Å². The monoisotopic (exact) mass is 424 g/mol. The predicted molar refractivity (Wildman–Crippen MR) is 123 cm³/mol. The van der Waals surface area contributed by atoms with Gasteiger partial charge < -0.3 is 9.47 Å². The maximum atomic E-state index is 12.6. The predicted octanol–water partition coefficient (Wildman–Crippen LogP) is 7.09. The number of rotatable bonds is 16. The van der Waals surface area contributed by atoms with Crippen LogP contribution in [0.2, 0.25) is 0 Å². The summed E-state index contributed by atoms with van der Waals surface area (Å²) in [4.78, 5) is 25.1. The van der Waals surface area contributed by atoms with E-state index < -0.39 is 0 Å². The van der Waals surface area contributed by atoms with Crippen molar-refractivity contribution in [3.63, 3.8) is 0 Å². The molecule has 0 amide bonds. The minimum absolute atomic E-state index is 0.187. The molecule has 0 spiro atoms. The molecular weight excluding hydrogens is 376 g/mol. The van der Waals surface area contributed by atoms with E-state index in [4.69, 9.17) is 9.47 Å². The number of unbranched alkanes of at least 4 members (excludes halogenated alkanes) is 6. The molecule has 0 radical (unpaired) electrons. The number of carbonyl (C=O) groups is 2. The lowest BCUT2D eigenvalue weighted by atomic mass is 9.79. The highest BCUT2D eigenvalue weighted by Gasteiger charge is 2.37. The summed E-state index contributed by atoms with van der Waals surface area (Å²) in [5.74, 6) is 0.530. The molecular formula is C26H48O4. The van der Waals surface area contributed by atoms with Crippen molar-refractivity contribution >= 4 is 11.9 Å². The summed E-state index contributed by atoms with van der Waals surface area (Å²) in [6, 6.07) is 0. The largest absolute Gasteiger partial charge is 0.465 e. The maximum Gasteiger partial charge on any atom is 0.309 e. The number of carbonyl (C=O) groups excluding carboxylic acids is 2. The molecule has 1 aliphatic carbocycles. The van der Waals surface area contributed by atoms with E-state index in [1.807, 2.05) is 0 Å². The highest BCUT2D eigenvalue weighted by molar-refractivity contribution is 5.82. The zero-order valence-corrected chi connectivity index (χ0v) is 20.3. The van der Waals surface area contributed by atoms with Gasteiger partial charge in [0.05, 0.1) is 25.0 Å². The Labute approximate surface area is 185 Å². The van der Waals surface area contributed by atoms with Gasteiger partial charge in [0.1, 0.15) is 0 Å². The Hall–Kier alpha value is -1.06. The van der Waals surface area contributed by atoms with Gasteiger partial charge in [0.25, 0.3) is 0 Å². The van der Waals surface area contributed by atoms with Crippen LogP contribution >= 0.6 is 0 Å². The third-order valence-corrected chi connectivity index (χ3v) is 6.21. The topological polar surface area (TPSA) is 52.6 Å². The van der Waals surface area contributed by atoms with E-state index in [2.05, 4.69) is 27.7 Å². The molecule has 176 valence electrons. The highest BCUT2D eigenvalue weighted by atomic mass is 16.5. The van der Waals surface area contributed by atoms with Crippen LogP contribution in [0.15, 0.2) is 0 Å². The number of hydrogen-bond acceptors (Lipinski definition) is 4. The number of ether oxygens (including phenoxy) is 2. The van der Waals surface area contributed by atoms with Crippen LogP contribution in [0.25, 0.3) is 0 Å². The van der Waals surface area contributed by atoms with E-state index in [9.17, 15) is 9.59 Å². The quantitative estimate of drug-likeness (QED) is 0.196. The first-order chi connectivity index (χ1) is 14.4. The molecule has 1 rings (SSSR count). The summed E-state index contributed by atoms with van der Waals surface area (Å²) < 4.78 is 11.1. The van der Waals surface area contributed by atoms with Gasteiger partial charge >= 0.3 is 11.9 Å². The molecule has 1 saturated carbocycles. The summed E-state index contributed by atoms with van der Waals surface area (Å²) in [5.41, 5.74) is 0. The van der Waals surface area contributed by atoms with Crippen molar-refractivity contribution in [3.05, 3.63) is 0 Å². The van der Waals surface area contributed by atoms with Crippen molar-refractivity contribution in [2.75, 3.05) is 13.2 Å². The van der Waals surface area contributed by atoms with Gasteiger partial charge in [-0.25, -0.2) is 0 Å². The van der Waals surface area contributed by atoms with Crippen LogP contribution in [0.1, 0.15) is 118 Å². The molecule has 0 saturated heterocycles. The molecule has 0 aromatic rings. The zero-order chi connectivity index (χ0) is 22.2. The second-order valence-corrected chi connectivity index (χ2v) is 10.0. The van der Waals surface area contributed by atoms with Crippen molar-refractivity contribution in [1.29, 1.82) is 0 Å². The Morgan fingerprint density at radius 3 is 1.37 bits per heavy atom. The van der Waals surface area contributed by atoms with Gasteiger partial charge in [0, 0.05) is 0 Å². The van der Waals surface area contributed by atoms with Crippen LogP contribution in [0.4, 0.5) is 0 Å². The van der Waals surface area contributed by atoms with Crippen LogP contribution in [0.3, 0.4) is 0 Å². The van der Waals surface area contributed by atoms with Crippen molar-refractivity contribution in [2.45, 2.75) is 118 Å². The Balaban J connectivity index is 2.22. The first-order valence-corrected chi connectivity index (χ1v) is 12.7. The molecule has 4 heteroatoms. The molecule has 0 aromatic heterocycles. The van der Waals surface area contributed by atoms with E-state index in [-0.39, 0.29) is 23.8 Å². The molecule has 0 heterocycles. The van der Waals surface area contributed by atoms with E-state index >= 15 is 0 Å². The molecule has 2 atom stereocenters. The van der Waals surface area contributed by atoms with Crippen LogP contribution in [0.5, 0.6) is 0 Å². The number of hydrogen-bond donors (Lipinski definition) is 0. The molecule has 1 aliphatic rings. The van der Waals surface area contributed by atoms with Gasteiger partial charge in [-0.2, -0.15) is 0 Å². The summed E-state index contributed by atoms with van der Waals surface area (Å²) in [7, 11) is 0. The maximum absolute atomic E-state index is 12.6. The molecule has 0 aliphatic heterocycles. The lowest BCUT2D eigenvalue weighted by Gasteiger charge is -2.28. The van der Waals surface area contributed by atoms with Crippen LogP contribution in [-0.4, -0.2) is 25.2 Å². The fourth-order valence-corrected chi connectivity index (χ4v) is 4.27. The van der Waals surface area contributed by atoms with Crippen molar-refractivity contribution in [1.82, 2.24) is 0 Å². The minimum Gasteiger partial charge on any atom is -0.465 e. The Morgan fingerprint density at radius 1 is 0.633 bits per heavy atom. The average Bonchev–Trinajstić information content (AvgIpc) is 2.71. The standard InChI is InChI=1S/C26H48O4/c1-21(2)15-9-5-7-13-19-29-25(27)23-17-11-12-18-24(23)26(28)30-20-14-8-6-10-16-22(3)4/h21-24H,5-20H2,1-4H3/t23-,24-/m1/s1. The minimum atomic E-state index is -0.307. The summed E-state index contributed by atoms with van der Waals surface area (Å²) >= 11 is 0. The molecule has 4 nitrogen and oxygen atoms in total. The van der Waals surface area contributed by atoms with Gasteiger partial charge in [0.15, 0.2) is 0 Å².